The Bertz CT molecular complexity index is 2180. The summed E-state index contributed by atoms with van der Waals surface area (Å²) in [4.78, 5) is 9.10. The molecule has 231 valence electrons. The number of benzene rings is 4. The van der Waals surface area contributed by atoms with E-state index >= 15 is 0 Å². The van der Waals surface area contributed by atoms with Crippen LogP contribution in [-0.4, -0.2) is 31.3 Å². The fourth-order valence-corrected chi connectivity index (χ4v) is 13.8. The van der Waals surface area contributed by atoms with Crippen molar-refractivity contribution in [2.75, 3.05) is 0 Å². The monoisotopic (exact) mass is 855 g/mol. The fraction of sp³-hybridized carbons (Fsp3) is 0.150. The van der Waals surface area contributed by atoms with Crippen molar-refractivity contribution in [1.82, 2.24) is 9.97 Å². The predicted octanol–water partition coefficient (Wildman–Crippen LogP) is 8.65. The molecule has 0 fully saturated rings. The molecule has 0 unspecified atom stereocenters. The van der Waals surface area contributed by atoms with Crippen LogP contribution in [-0.2, 0) is 20.1 Å². The van der Waals surface area contributed by atoms with Crippen LogP contribution in [0.2, 0.25) is 31.2 Å². The first-order chi connectivity index (χ1) is 21.6. The summed E-state index contributed by atoms with van der Waals surface area (Å²) in [6.07, 6.45) is 3.87. The molecule has 3 aromatic heterocycles. The third-order valence-electron chi connectivity index (χ3n) is 8.93. The molecule has 4 aromatic carbocycles. The van der Waals surface area contributed by atoms with Crippen molar-refractivity contribution in [3.8, 4) is 33.6 Å². The van der Waals surface area contributed by atoms with Gasteiger partial charge in [-0.3, -0.25) is 0 Å². The molecule has 1 aliphatic rings. The smallest absolute Gasteiger partial charge is 0 e. The van der Waals surface area contributed by atoms with E-state index in [-0.39, 0.29) is 20.1 Å². The van der Waals surface area contributed by atoms with Crippen molar-refractivity contribution in [2.24, 2.45) is 0 Å². The second-order valence-corrected chi connectivity index (χ2v) is 27.6. The first kappa shape index (κ1) is 32.3. The van der Waals surface area contributed by atoms with Gasteiger partial charge in [-0.1, -0.05) is 31.8 Å². The zero-order chi connectivity index (χ0) is 31.3. The Morgan fingerprint density at radius 2 is 1.50 bits per heavy atom. The van der Waals surface area contributed by atoms with E-state index in [1.54, 1.807) is 4.40 Å². The Morgan fingerprint density at radius 3 is 2.22 bits per heavy atom. The Kier molecular flexibility index (Phi) is 8.81. The number of nitrogens with zero attached hydrogens (tertiary/aromatic N) is 2. The molecule has 1 radical (unpaired) electrons. The largest absolute Gasteiger partial charge is 0 e. The van der Waals surface area contributed by atoms with Crippen LogP contribution in [0.5, 0.6) is 0 Å². The number of pyridine rings is 2. The molecule has 1 aliphatic heterocycles. The van der Waals surface area contributed by atoms with E-state index < -0.39 is 21.3 Å². The Morgan fingerprint density at radius 1 is 0.717 bits per heavy atom. The van der Waals surface area contributed by atoms with Gasteiger partial charge in [0.2, 0.25) is 0 Å². The van der Waals surface area contributed by atoms with Gasteiger partial charge in [-0.05, 0) is 10.9 Å². The molecule has 7 aromatic rings. The summed E-state index contributed by atoms with van der Waals surface area (Å²) in [5, 5.41) is 3.71. The van der Waals surface area contributed by atoms with Crippen molar-refractivity contribution in [1.29, 1.82) is 0 Å². The number of aryl methyl sites for hydroxylation is 1. The van der Waals surface area contributed by atoms with Gasteiger partial charge in [0, 0.05) is 26.3 Å². The first-order valence-corrected chi connectivity index (χ1v) is 25.3. The van der Waals surface area contributed by atoms with Crippen molar-refractivity contribution < 1.29 is 24.5 Å². The van der Waals surface area contributed by atoms with Crippen molar-refractivity contribution >= 4 is 57.3 Å². The second-order valence-electron chi connectivity index (χ2n) is 13.4. The molecule has 6 heteroatoms. The molecule has 0 atom stereocenters. The van der Waals surface area contributed by atoms with Gasteiger partial charge in [0.15, 0.2) is 0 Å². The number of rotatable bonds is 3. The molecule has 46 heavy (non-hydrogen) atoms. The molecule has 0 N–H and O–H groups in total. The fourth-order valence-electron chi connectivity index (χ4n) is 6.40. The van der Waals surface area contributed by atoms with Crippen LogP contribution in [0, 0.1) is 19.1 Å². The van der Waals surface area contributed by atoms with Gasteiger partial charge < -0.3 is 4.98 Å². The van der Waals surface area contributed by atoms with Crippen LogP contribution >= 0.6 is 0 Å². The zero-order valence-corrected chi connectivity index (χ0v) is 32.5. The van der Waals surface area contributed by atoms with Crippen LogP contribution in [0.4, 0.5) is 0 Å². The molecule has 0 spiro atoms. The van der Waals surface area contributed by atoms with Gasteiger partial charge in [0.25, 0.3) is 0 Å². The molecule has 3 nitrogen and oxygen atoms in total. The SMILES string of the molecule is C[Si](C)(C)c1ccc(-c2[c-]cccc2)nc1.Cc1ccnc(-c2[c-]ccc3c2oc2c4[c](ccc23)[Ge]([CH3])([CH3])[c]2ccccc2-4)c1.[Ir]. The molecule has 4 heterocycles. The normalized spacial score (nSPS) is 13.0. The first-order valence-electron chi connectivity index (χ1n) is 15.5. The van der Waals surface area contributed by atoms with Gasteiger partial charge in [-0.15, -0.1) is 35.9 Å². The van der Waals surface area contributed by atoms with Crippen LogP contribution < -0.4 is 14.0 Å². The van der Waals surface area contributed by atoms with Crippen LogP contribution in [0.1, 0.15) is 5.56 Å². The Balaban J connectivity index is 0.000000187. The Labute approximate surface area is 288 Å². The maximum atomic E-state index is 6.63. The maximum absolute atomic E-state index is 6.63. The van der Waals surface area contributed by atoms with E-state index in [0.29, 0.717) is 0 Å². The molecule has 0 amide bonds. The van der Waals surface area contributed by atoms with E-state index in [0.717, 1.165) is 39.1 Å². The standard InChI is InChI=1S/C26H20GeNO.C14H16NSi.Ir/c1-16-13-14-28-23(15-16)20-9-6-8-17-18-11-12-22-24(26(18)29-25(17)20)19-7-4-5-10-21(19)27(22,2)3;1-16(2,3)13-9-10-14(15-11-13)12-7-5-4-6-8-12;/h4-8,10-15H,1-3H3;4-7,9-11H,1-3H3;/q2*-1;. The summed E-state index contributed by atoms with van der Waals surface area (Å²) in [6.45, 7) is 9.08. The van der Waals surface area contributed by atoms with E-state index in [1.807, 2.05) is 48.8 Å². The van der Waals surface area contributed by atoms with Crippen molar-refractivity contribution in [3.63, 3.8) is 0 Å². The minimum absolute atomic E-state index is 0. The van der Waals surface area contributed by atoms with E-state index in [1.165, 1.54) is 31.7 Å². The van der Waals surface area contributed by atoms with Gasteiger partial charge in [0.05, 0.1) is 8.07 Å². The third-order valence-corrected chi connectivity index (χ3v) is 18.4. The van der Waals surface area contributed by atoms with Crippen LogP contribution in [0.3, 0.4) is 0 Å². The summed E-state index contributed by atoms with van der Waals surface area (Å²) >= 11 is -2.30. The number of hydrogen-bond donors (Lipinski definition) is 0. The summed E-state index contributed by atoms with van der Waals surface area (Å²) in [5.74, 6) is 4.96. The van der Waals surface area contributed by atoms with Crippen molar-refractivity contribution in [3.05, 3.63) is 127 Å². The predicted molar refractivity (Wildman–Crippen MR) is 194 cm³/mol. The molecule has 0 saturated heterocycles. The Hall–Kier alpha value is -3.61. The molecule has 8 rings (SSSR count). The van der Waals surface area contributed by atoms with E-state index in [9.17, 15) is 0 Å². The average Bonchev–Trinajstić information content (AvgIpc) is 3.54. The number of aromatic nitrogens is 2. The molecular formula is C40H36GeIrN2OSi-2. The second kappa shape index (κ2) is 12.5. The van der Waals surface area contributed by atoms with Gasteiger partial charge in [-0.25, -0.2) is 0 Å². The summed E-state index contributed by atoms with van der Waals surface area (Å²) in [7, 11) is -1.23. The van der Waals surface area contributed by atoms with Crippen LogP contribution in [0.15, 0.2) is 114 Å². The van der Waals surface area contributed by atoms with Gasteiger partial charge in [0.1, 0.15) is 0 Å². The summed E-state index contributed by atoms with van der Waals surface area (Å²) in [5.41, 5.74) is 9.64. The van der Waals surface area contributed by atoms with Gasteiger partial charge >= 0.3 is 173 Å². The minimum Gasteiger partial charge on any atom is 0 e. The summed E-state index contributed by atoms with van der Waals surface area (Å²) < 4.78 is 9.68. The van der Waals surface area contributed by atoms with Gasteiger partial charge in [-0.2, -0.15) is 0 Å². The van der Waals surface area contributed by atoms with Crippen LogP contribution in [0.25, 0.3) is 55.6 Å². The quantitative estimate of drug-likeness (QED) is 0.132. The van der Waals surface area contributed by atoms with Crippen molar-refractivity contribution in [2.45, 2.75) is 38.1 Å². The summed E-state index contributed by atoms with van der Waals surface area (Å²) in [6, 6.07) is 40.5. The number of fused-ring (bicyclic) bond motifs is 7. The molecular weight excluding hydrogens is 817 g/mol. The maximum Gasteiger partial charge on any atom is 0 e. The topological polar surface area (TPSA) is 38.9 Å². The average molecular weight is 854 g/mol. The number of furan rings is 1. The molecule has 0 aliphatic carbocycles. The van der Waals surface area contributed by atoms with E-state index in [2.05, 4.69) is 121 Å². The minimum atomic E-state index is -2.30. The number of hydrogen-bond acceptors (Lipinski definition) is 3. The van der Waals surface area contributed by atoms with E-state index in [4.69, 9.17) is 4.42 Å². The molecule has 0 bridgehead atoms. The molecule has 0 saturated carbocycles. The zero-order valence-electron chi connectivity index (χ0n) is 27.0. The third kappa shape index (κ3) is 5.75.